The lowest BCUT2D eigenvalue weighted by Crippen LogP contribution is -2.53. The number of carbonyl (C=O) groups excluding carboxylic acids is 2. The topological polar surface area (TPSA) is 86.8 Å². The molecule has 1 saturated carbocycles. The molecule has 7 nitrogen and oxygen atoms in total. The molecule has 0 unspecified atom stereocenters. The van der Waals surface area contributed by atoms with E-state index in [0.29, 0.717) is 16.3 Å². The van der Waals surface area contributed by atoms with Crippen LogP contribution < -0.4 is 9.62 Å². The zero-order chi connectivity index (χ0) is 29.6. The highest BCUT2D eigenvalue weighted by Crippen LogP contribution is 2.31. The van der Waals surface area contributed by atoms with E-state index in [2.05, 4.69) is 21.2 Å². The number of nitrogens with zero attached hydrogens (tertiary/aromatic N) is 2. The minimum atomic E-state index is -4.15. The van der Waals surface area contributed by atoms with Crippen molar-refractivity contribution < 1.29 is 18.0 Å². The zero-order valence-electron chi connectivity index (χ0n) is 23.2. The van der Waals surface area contributed by atoms with Crippen LogP contribution in [0.2, 0.25) is 5.02 Å². The first-order valence-corrected chi connectivity index (χ1v) is 16.4. The Balaban J connectivity index is 1.70. The predicted octanol–water partition coefficient (Wildman–Crippen LogP) is 6.47. The van der Waals surface area contributed by atoms with Crippen molar-refractivity contribution in [2.45, 2.75) is 69.5 Å². The molecule has 2 amide bonds. The Morgan fingerprint density at radius 2 is 1.68 bits per heavy atom. The fourth-order valence-corrected chi connectivity index (χ4v) is 7.19. The van der Waals surface area contributed by atoms with Gasteiger partial charge in [-0.05, 0) is 74.2 Å². The zero-order valence-corrected chi connectivity index (χ0v) is 26.4. The quantitative estimate of drug-likeness (QED) is 0.270. The third-order valence-corrected chi connectivity index (χ3v) is 10.2. The van der Waals surface area contributed by atoms with Crippen molar-refractivity contribution in [3.63, 3.8) is 0 Å². The van der Waals surface area contributed by atoms with Crippen molar-refractivity contribution in [2.24, 2.45) is 0 Å². The van der Waals surface area contributed by atoms with Crippen molar-refractivity contribution in [3.8, 4) is 0 Å². The SMILES string of the molecule is Cc1c(Cl)cccc1N(CC(=O)N(Cc1cccc(Br)c1)[C@@H](C)C(=O)NC1CCCCC1)S(=O)(=O)c1ccccc1. The number of hydrogen-bond donors (Lipinski definition) is 1. The van der Waals surface area contributed by atoms with Gasteiger partial charge in [-0.15, -0.1) is 0 Å². The lowest BCUT2D eigenvalue weighted by atomic mass is 9.95. The summed E-state index contributed by atoms with van der Waals surface area (Å²) in [5.41, 5.74) is 1.64. The molecular formula is C31H35BrClN3O4S. The maximum absolute atomic E-state index is 14.1. The van der Waals surface area contributed by atoms with Gasteiger partial charge in [-0.25, -0.2) is 8.42 Å². The number of amides is 2. The lowest BCUT2D eigenvalue weighted by Gasteiger charge is -2.33. The van der Waals surface area contributed by atoms with Crippen LogP contribution in [-0.2, 0) is 26.2 Å². The van der Waals surface area contributed by atoms with Crippen LogP contribution >= 0.6 is 27.5 Å². The molecule has 0 spiro atoms. The summed E-state index contributed by atoms with van der Waals surface area (Å²) in [4.78, 5) is 29.0. The molecule has 218 valence electrons. The van der Waals surface area contributed by atoms with Gasteiger partial charge in [0, 0.05) is 22.1 Å². The Morgan fingerprint density at radius 1 is 1.00 bits per heavy atom. The number of carbonyl (C=O) groups is 2. The van der Waals surface area contributed by atoms with Crippen LogP contribution in [0.1, 0.15) is 50.2 Å². The van der Waals surface area contributed by atoms with Crippen LogP contribution in [0.3, 0.4) is 0 Å². The molecule has 10 heteroatoms. The fourth-order valence-electron chi connectivity index (χ4n) is 5.08. The summed E-state index contributed by atoms with van der Waals surface area (Å²) < 4.78 is 29.8. The van der Waals surface area contributed by atoms with Gasteiger partial charge in [-0.1, -0.05) is 83.2 Å². The molecule has 3 aromatic rings. The minimum Gasteiger partial charge on any atom is -0.352 e. The van der Waals surface area contributed by atoms with Gasteiger partial charge in [0.2, 0.25) is 11.8 Å². The Labute approximate surface area is 256 Å². The van der Waals surface area contributed by atoms with Crippen LogP contribution in [0.4, 0.5) is 5.69 Å². The molecule has 1 fully saturated rings. The fraction of sp³-hybridized carbons (Fsp3) is 0.355. The number of halogens is 2. The summed E-state index contributed by atoms with van der Waals surface area (Å²) in [7, 11) is -4.15. The highest BCUT2D eigenvalue weighted by Gasteiger charge is 2.34. The van der Waals surface area contributed by atoms with Gasteiger partial charge in [0.05, 0.1) is 10.6 Å². The summed E-state index contributed by atoms with van der Waals surface area (Å²) in [5.74, 6) is -0.758. The standard InChI is InChI=1S/C31H35BrClN3O4S/c1-22-28(33)17-10-18-29(22)36(41(39,40)27-15-7-4-8-16-27)21-30(37)35(20-24-11-9-12-25(32)19-24)23(2)31(38)34-26-13-5-3-6-14-26/h4,7-12,15-19,23,26H,3,5-6,13-14,20-21H2,1-2H3,(H,34,38)/t23-/m0/s1. The van der Waals surface area contributed by atoms with Crippen LogP contribution in [0.5, 0.6) is 0 Å². The van der Waals surface area contributed by atoms with Crippen LogP contribution in [0, 0.1) is 6.92 Å². The van der Waals surface area contributed by atoms with E-state index in [0.717, 1.165) is 46.4 Å². The number of rotatable bonds is 10. The van der Waals surface area contributed by atoms with Crippen molar-refractivity contribution >= 4 is 55.1 Å². The van der Waals surface area contributed by atoms with E-state index < -0.39 is 28.5 Å². The Bertz CT molecular complexity index is 1480. The normalized spacial score (nSPS) is 14.7. The second kappa shape index (κ2) is 13.9. The molecule has 3 aromatic carbocycles. The molecule has 0 bridgehead atoms. The second-order valence-corrected chi connectivity index (χ2v) is 13.6. The van der Waals surface area contributed by atoms with Gasteiger partial charge in [-0.2, -0.15) is 0 Å². The first-order valence-electron chi connectivity index (χ1n) is 13.7. The van der Waals surface area contributed by atoms with Crippen molar-refractivity contribution in [1.29, 1.82) is 0 Å². The van der Waals surface area contributed by atoms with E-state index in [1.54, 1.807) is 50.2 Å². The summed E-state index contributed by atoms with van der Waals surface area (Å²) in [6.07, 6.45) is 5.10. The smallest absolute Gasteiger partial charge is 0.264 e. The number of sulfonamides is 1. The average molecular weight is 661 g/mol. The largest absolute Gasteiger partial charge is 0.352 e. The third kappa shape index (κ3) is 7.70. The van der Waals surface area contributed by atoms with Gasteiger partial charge in [0.1, 0.15) is 12.6 Å². The summed E-state index contributed by atoms with van der Waals surface area (Å²) >= 11 is 9.86. The molecular weight excluding hydrogens is 626 g/mol. The molecule has 0 saturated heterocycles. The third-order valence-electron chi connectivity index (χ3n) is 7.48. The van der Waals surface area contributed by atoms with Gasteiger partial charge in [0.15, 0.2) is 0 Å². The Hall–Kier alpha value is -2.88. The second-order valence-electron chi connectivity index (χ2n) is 10.4. The first kappa shape index (κ1) is 31.1. The molecule has 41 heavy (non-hydrogen) atoms. The maximum Gasteiger partial charge on any atom is 0.264 e. The van der Waals surface area contributed by atoms with E-state index in [4.69, 9.17) is 11.6 Å². The molecule has 0 aromatic heterocycles. The number of nitrogens with one attached hydrogen (secondary N) is 1. The van der Waals surface area contributed by atoms with Gasteiger partial charge in [-0.3, -0.25) is 13.9 Å². The number of hydrogen-bond acceptors (Lipinski definition) is 4. The van der Waals surface area contributed by atoms with Crippen molar-refractivity contribution in [3.05, 3.63) is 93.4 Å². The molecule has 0 aliphatic heterocycles. The minimum absolute atomic E-state index is 0.0498. The monoisotopic (exact) mass is 659 g/mol. The van der Waals surface area contributed by atoms with Crippen molar-refractivity contribution in [2.75, 3.05) is 10.8 Å². The summed E-state index contributed by atoms with van der Waals surface area (Å²) in [5, 5.41) is 3.50. The first-order chi connectivity index (χ1) is 19.6. The molecule has 0 heterocycles. The molecule has 1 aliphatic carbocycles. The Kier molecular flexibility index (Phi) is 10.5. The average Bonchev–Trinajstić information content (AvgIpc) is 2.97. The van der Waals surface area contributed by atoms with Crippen LogP contribution in [0.15, 0.2) is 82.2 Å². The van der Waals surface area contributed by atoms with E-state index >= 15 is 0 Å². The lowest BCUT2D eigenvalue weighted by molar-refractivity contribution is -0.139. The van der Waals surface area contributed by atoms with Gasteiger partial charge < -0.3 is 10.2 Å². The molecule has 1 aliphatic rings. The van der Waals surface area contributed by atoms with E-state index in [1.165, 1.54) is 17.0 Å². The van der Waals surface area contributed by atoms with E-state index in [-0.39, 0.29) is 23.4 Å². The summed E-state index contributed by atoms with van der Waals surface area (Å²) in [6, 6.07) is 19.7. The van der Waals surface area contributed by atoms with E-state index in [9.17, 15) is 18.0 Å². The van der Waals surface area contributed by atoms with Crippen molar-refractivity contribution in [1.82, 2.24) is 10.2 Å². The molecule has 4 rings (SSSR count). The molecule has 1 N–H and O–H groups in total. The van der Waals surface area contributed by atoms with Crippen LogP contribution in [-0.4, -0.2) is 43.8 Å². The molecule has 0 radical (unpaired) electrons. The van der Waals surface area contributed by atoms with Gasteiger partial charge in [0.25, 0.3) is 10.0 Å². The maximum atomic E-state index is 14.1. The van der Waals surface area contributed by atoms with E-state index in [1.807, 2.05) is 24.3 Å². The summed E-state index contributed by atoms with van der Waals surface area (Å²) in [6.45, 7) is 3.03. The number of anilines is 1. The predicted molar refractivity (Wildman–Crippen MR) is 166 cm³/mol. The number of benzene rings is 3. The Morgan fingerprint density at radius 3 is 2.37 bits per heavy atom. The highest BCUT2D eigenvalue weighted by atomic mass is 79.9. The highest BCUT2D eigenvalue weighted by molar-refractivity contribution is 9.10. The van der Waals surface area contributed by atoms with Crippen LogP contribution in [0.25, 0.3) is 0 Å². The molecule has 1 atom stereocenters. The van der Waals surface area contributed by atoms with Gasteiger partial charge >= 0.3 is 0 Å².